The molecule has 40 heavy (non-hydrogen) atoms. The summed E-state index contributed by atoms with van der Waals surface area (Å²) in [5.41, 5.74) is 2.86. The zero-order valence-corrected chi connectivity index (χ0v) is 21.6. The molecule has 0 saturated carbocycles. The van der Waals surface area contributed by atoms with E-state index in [0.717, 1.165) is 28.3 Å². The highest BCUT2D eigenvalue weighted by molar-refractivity contribution is 5.73. The molecule has 1 atom stereocenters. The van der Waals surface area contributed by atoms with Gasteiger partial charge in [-0.2, -0.15) is 0 Å². The molecule has 0 aliphatic heterocycles. The Hall–Kier alpha value is -5.07. The van der Waals surface area contributed by atoms with Gasteiger partial charge in [-0.3, -0.25) is 14.4 Å². The van der Waals surface area contributed by atoms with E-state index in [4.69, 9.17) is 9.47 Å². The lowest BCUT2D eigenvalue weighted by molar-refractivity contribution is -0.127. The van der Waals surface area contributed by atoms with Crippen molar-refractivity contribution in [3.63, 3.8) is 0 Å². The first-order chi connectivity index (χ1) is 19.7. The van der Waals surface area contributed by atoms with Crippen LogP contribution < -0.4 is 10.2 Å². The van der Waals surface area contributed by atoms with Gasteiger partial charge < -0.3 is 14.0 Å². The van der Waals surface area contributed by atoms with Crippen LogP contribution in [0.15, 0.2) is 138 Å². The summed E-state index contributed by atoms with van der Waals surface area (Å²) in [6.45, 7) is 0. The molecular formula is C34H27NO5. The second-order valence-corrected chi connectivity index (χ2v) is 9.14. The number of aldehydes is 2. The first-order valence-corrected chi connectivity index (χ1v) is 12.9. The lowest BCUT2D eigenvalue weighted by Crippen LogP contribution is -2.24. The quantitative estimate of drug-likeness (QED) is 0.187. The molecule has 5 rings (SSSR count). The Morgan fingerprint density at radius 2 is 1.02 bits per heavy atom. The Balaban J connectivity index is 1.55. The van der Waals surface area contributed by atoms with Crippen molar-refractivity contribution < 1.29 is 19.1 Å². The van der Waals surface area contributed by atoms with Crippen molar-refractivity contribution in [1.29, 1.82) is 0 Å². The van der Waals surface area contributed by atoms with Gasteiger partial charge in [0.1, 0.15) is 12.2 Å². The number of nitrogens with zero attached hydrogens (tertiary/aromatic N) is 1. The zero-order chi connectivity index (χ0) is 27.7. The normalized spacial score (nSPS) is 11.8. The molecule has 0 aliphatic carbocycles. The summed E-state index contributed by atoms with van der Waals surface area (Å²) in [5, 5.41) is 0. The fourth-order valence-corrected chi connectivity index (χ4v) is 4.57. The Bertz CT molecular complexity index is 1520. The Kier molecular flexibility index (Phi) is 8.39. The van der Waals surface area contributed by atoms with E-state index in [0.29, 0.717) is 12.6 Å². The van der Waals surface area contributed by atoms with Gasteiger partial charge in [0.2, 0.25) is 5.43 Å². The molecule has 6 heteroatoms. The van der Waals surface area contributed by atoms with Crippen molar-refractivity contribution in [2.24, 2.45) is 0 Å². The predicted octanol–water partition coefficient (Wildman–Crippen LogP) is 6.33. The summed E-state index contributed by atoms with van der Waals surface area (Å²) >= 11 is 0. The summed E-state index contributed by atoms with van der Waals surface area (Å²) < 4.78 is 14.0. The lowest BCUT2D eigenvalue weighted by Gasteiger charge is -2.26. The molecule has 0 fully saturated rings. The SMILES string of the molecule is O=Cc1cc(=O)c(OC(c2ccccc2)c2ccccc2)cn1C(C=O)OC(c1ccccc1)c1ccccc1. The maximum atomic E-state index is 13.1. The third kappa shape index (κ3) is 5.98. The number of pyridine rings is 1. The van der Waals surface area contributed by atoms with Crippen LogP contribution in [-0.2, 0) is 9.53 Å². The number of carbonyl (C=O) groups is 2. The van der Waals surface area contributed by atoms with Gasteiger partial charge in [0.15, 0.2) is 24.5 Å². The Morgan fingerprint density at radius 3 is 1.43 bits per heavy atom. The number of hydrogen-bond donors (Lipinski definition) is 0. The second-order valence-electron chi connectivity index (χ2n) is 9.14. The molecule has 198 valence electrons. The molecule has 0 spiro atoms. The zero-order valence-electron chi connectivity index (χ0n) is 21.6. The minimum Gasteiger partial charge on any atom is -0.475 e. The van der Waals surface area contributed by atoms with Crippen LogP contribution in [0.25, 0.3) is 0 Å². The molecule has 0 aliphatic rings. The average Bonchev–Trinajstić information content (AvgIpc) is 3.03. The van der Waals surface area contributed by atoms with Crippen molar-refractivity contribution in [2.45, 2.75) is 18.4 Å². The lowest BCUT2D eigenvalue weighted by atomic mass is 10.0. The van der Waals surface area contributed by atoms with Gasteiger partial charge in [-0.25, -0.2) is 0 Å². The van der Waals surface area contributed by atoms with Gasteiger partial charge in [-0.1, -0.05) is 121 Å². The van der Waals surface area contributed by atoms with Crippen LogP contribution in [0.4, 0.5) is 0 Å². The second kappa shape index (κ2) is 12.7. The molecule has 5 aromatic rings. The average molecular weight is 530 g/mol. The van der Waals surface area contributed by atoms with Crippen molar-refractivity contribution in [2.75, 3.05) is 0 Å². The van der Waals surface area contributed by atoms with Crippen molar-refractivity contribution in [1.82, 2.24) is 4.57 Å². The smallest absolute Gasteiger partial charge is 0.224 e. The number of rotatable bonds is 11. The third-order valence-corrected chi connectivity index (χ3v) is 6.52. The monoisotopic (exact) mass is 529 g/mol. The molecular weight excluding hydrogens is 502 g/mol. The first kappa shape index (κ1) is 26.5. The minimum absolute atomic E-state index is 0.00899. The van der Waals surface area contributed by atoms with Crippen molar-refractivity contribution >= 4 is 12.6 Å². The highest BCUT2D eigenvalue weighted by atomic mass is 16.5. The molecule has 1 aromatic heterocycles. The van der Waals surface area contributed by atoms with E-state index in [-0.39, 0.29) is 11.4 Å². The highest BCUT2D eigenvalue weighted by Crippen LogP contribution is 2.31. The summed E-state index contributed by atoms with van der Waals surface area (Å²) in [7, 11) is 0. The highest BCUT2D eigenvalue weighted by Gasteiger charge is 2.24. The van der Waals surface area contributed by atoms with Gasteiger partial charge in [0.25, 0.3) is 0 Å². The van der Waals surface area contributed by atoms with Crippen molar-refractivity contribution in [3.05, 3.63) is 172 Å². The van der Waals surface area contributed by atoms with Gasteiger partial charge in [0.05, 0.1) is 11.9 Å². The van der Waals surface area contributed by atoms with Gasteiger partial charge in [0, 0.05) is 6.07 Å². The summed E-state index contributed by atoms with van der Waals surface area (Å²) in [5.74, 6) is -0.0188. The standard InChI is InChI=1S/C34H27NO5/c36-23-29-21-30(38)31(39-33(25-13-5-1-6-14-25)26-15-7-2-8-16-26)22-35(29)32(24-37)40-34(27-17-9-3-10-18-27)28-19-11-4-12-20-28/h1-24,32-34H. The molecule has 0 saturated heterocycles. The van der Waals surface area contributed by atoms with E-state index in [2.05, 4.69) is 0 Å². The molecule has 0 bridgehead atoms. The molecule has 0 amide bonds. The molecule has 1 heterocycles. The summed E-state index contributed by atoms with van der Waals surface area (Å²) in [6, 6.07) is 39.2. The van der Waals surface area contributed by atoms with E-state index in [9.17, 15) is 14.4 Å². The number of benzene rings is 4. The topological polar surface area (TPSA) is 74.6 Å². The fourth-order valence-electron chi connectivity index (χ4n) is 4.57. The predicted molar refractivity (Wildman–Crippen MR) is 152 cm³/mol. The number of aromatic nitrogens is 1. The Morgan fingerprint density at radius 1 is 0.600 bits per heavy atom. The van der Waals surface area contributed by atoms with E-state index in [1.54, 1.807) is 0 Å². The Labute approximate surface area is 232 Å². The van der Waals surface area contributed by atoms with E-state index < -0.39 is 23.9 Å². The van der Waals surface area contributed by atoms with Crippen LogP contribution in [0, 0.1) is 0 Å². The molecule has 1 unspecified atom stereocenters. The summed E-state index contributed by atoms with van der Waals surface area (Å²) in [4.78, 5) is 37.6. The molecule has 0 N–H and O–H groups in total. The fraction of sp³-hybridized carbons (Fsp3) is 0.0882. The van der Waals surface area contributed by atoms with Crippen LogP contribution in [0.1, 0.15) is 51.2 Å². The third-order valence-electron chi connectivity index (χ3n) is 6.52. The van der Waals surface area contributed by atoms with Gasteiger partial charge in [-0.15, -0.1) is 0 Å². The minimum atomic E-state index is -1.22. The first-order valence-electron chi connectivity index (χ1n) is 12.9. The number of hydrogen-bond acceptors (Lipinski definition) is 5. The van der Waals surface area contributed by atoms with Gasteiger partial charge in [-0.05, 0) is 22.3 Å². The number of ether oxygens (including phenoxy) is 2. The van der Waals surface area contributed by atoms with E-state index in [1.165, 1.54) is 10.8 Å². The largest absolute Gasteiger partial charge is 0.475 e. The maximum absolute atomic E-state index is 13.1. The van der Waals surface area contributed by atoms with E-state index >= 15 is 0 Å². The van der Waals surface area contributed by atoms with Crippen molar-refractivity contribution in [3.8, 4) is 5.75 Å². The molecule has 4 aromatic carbocycles. The van der Waals surface area contributed by atoms with Crippen LogP contribution in [-0.4, -0.2) is 17.1 Å². The van der Waals surface area contributed by atoms with Gasteiger partial charge >= 0.3 is 0 Å². The summed E-state index contributed by atoms with van der Waals surface area (Å²) in [6.07, 6.45) is 0.0744. The maximum Gasteiger partial charge on any atom is 0.224 e. The van der Waals surface area contributed by atoms with E-state index in [1.807, 2.05) is 121 Å². The van der Waals surface area contributed by atoms with Crippen LogP contribution in [0.3, 0.4) is 0 Å². The molecule has 6 nitrogen and oxygen atoms in total. The molecule has 0 radical (unpaired) electrons. The van der Waals surface area contributed by atoms with Crippen LogP contribution >= 0.6 is 0 Å². The van der Waals surface area contributed by atoms with Crippen LogP contribution in [0.5, 0.6) is 5.75 Å². The number of carbonyl (C=O) groups excluding carboxylic acids is 2. The van der Waals surface area contributed by atoms with Crippen LogP contribution in [0.2, 0.25) is 0 Å².